The molecule has 2 aromatic carbocycles. The molecule has 0 spiro atoms. The van der Waals surface area contributed by atoms with E-state index >= 15 is 0 Å². The number of rotatable bonds is 10. The first kappa shape index (κ1) is 25.8. The first-order valence-electron chi connectivity index (χ1n) is 12.3. The van der Waals surface area contributed by atoms with Gasteiger partial charge in [-0.1, -0.05) is 30.0 Å². The Bertz CT molecular complexity index is 1180. The van der Waals surface area contributed by atoms with E-state index in [1.54, 1.807) is 26.0 Å². The summed E-state index contributed by atoms with van der Waals surface area (Å²) in [5.41, 5.74) is 4.01. The van der Waals surface area contributed by atoms with E-state index in [0.717, 1.165) is 83.9 Å². The van der Waals surface area contributed by atoms with E-state index < -0.39 is 0 Å². The molecule has 36 heavy (non-hydrogen) atoms. The number of nitrogens with zero attached hydrogens (tertiary/aromatic N) is 4. The fraction of sp³-hybridized carbons (Fsp3) is 0.393. The molecule has 4 rings (SSSR count). The van der Waals surface area contributed by atoms with E-state index in [1.807, 2.05) is 61.3 Å². The number of likely N-dealkylation sites (N-methyl/N-ethyl adjacent to an activating group) is 1. The highest BCUT2D eigenvalue weighted by Gasteiger charge is 2.19. The number of hydrogen-bond acceptors (Lipinski definition) is 7. The minimum Gasteiger partial charge on any atom is -0.493 e. The number of carbonyl (C=O) groups excluding carboxylic acids is 1. The van der Waals surface area contributed by atoms with Gasteiger partial charge in [-0.2, -0.15) is 0 Å². The van der Waals surface area contributed by atoms with Crippen molar-refractivity contribution in [3.8, 4) is 11.5 Å². The molecule has 190 valence electrons. The molecule has 1 aliphatic heterocycles. The maximum Gasteiger partial charge on any atom is 0.253 e. The van der Waals surface area contributed by atoms with Gasteiger partial charge in [0.05, 0.1) is 14.2 Å². The van der Waals surface area contributed by atoms with Crippen molar-refractivity contribution < 1.29 is 14.3 Å². The molecule has 7 nitrogen and oxygen atoms in total. The molecular formula is C28H34N4O3S. The van der Waals surface area contributed by atoms with Gasteiger partial charge in [-0.25, -0.2) is 9.97 Å². The highest BCUT2D eigenvalue weighted by molar-refractivity contribution is 7.98. The zero-order chi connectivity index (χ0) is 25.5. The number of amides is 1. The molecule has 3 aromatic rings. The number of aromatic nitrogens is 2. The van der Waals surface area contributed by atoms with E-state index in [2.05, 4.69) is 16.0 Å². The van der Waals surface area contributed by atoms with Crippen molar-refractivity contribution in [2.45, 2.75) is 37.1 Å². The summed E-state index contributed by atoms with van der Waals surface area (Å²) < 4.78 is 10.8. The van der Waals surface area contributed by atoms with Gasteiger partial charge in [0.2, 0.25) is 0 Å². The molecule has 1 saturated heterocycles. The minimum atomic E-state index is 0.134. The van der Waals surface area contributed by atoms with Crippen molar-refractivity contribution in [1.82, 2.24) is 14.9 Å². The van der Waals surface area contributed by atoms with Crippen molar-refractivity contribution in [2.24, 2.45) is 0 Å². The largest absolute Gasteiger partial charge is 0.493 e. The quantitative estimate of drug-likeness (QED) is 0.283. The number of aryl methyl sites for hydroxylation is 1. The first-order chi connectivity index (χ1) is 17.5. The average molecular weight is 507 g/mol. The van der Waals surface area contributed by atoms with Gasteiger partial charge in [0.1, 0.15) is 5.82 Å². The van der Waals surface area contributed by atoms with Crippen LogP contribution in [0.5, 0.6) is 11.5 Å². The summed E-state index contributed by atoms with van der Waals surface area (Å²) in [7, 11) is 5.34. The second-order valence-corrected chi connectivity index (χ2v) is 9.94. The Morgan fingerprint density at radius 2 is 1.67 bits per heavy atom. The van der Waals surface area contributed by atoms with Gasteiger partial charge in [0, 0.05) is 49.8 Å². The zero-order valence-corrected chi connectivity index (χ0v) is 22.3. The number of thioether (sulfide) groups is 1. The Kier molecular flexibility index (Phi) is 8.70. The summed E-state index contributed by atoms with van der Waals surface area (Å²) in [6.45, 7) is 4.54. The molecule has 1 aromatic heterocycles. The summed E-state index contributed by atoms with van der Waals surface area (Å²) in [5.74, 6) is 3.25. The third kappa shape index (κ3) is 6.49. The molecule has 0 radical (unpaired) electrons. The van der Waals surface area contributed by atoms with Crippen molar-refractivity contribution in [3.63, 3.8) is 0 Å². The van der Waals surface area contributed by atoms with Crippen LogP contribution in [0.2, 0.25) is 0 Å². The summed E-state index contributed by atoms with van der Waals surface area (Å²) in [6, 6.07) is 15.9. The molecule has 0 N–H and O–H groups in total. The number of benzene rings is 2. The van der Waals surface area contributed by atoms with Gasteiger partial charge >= 0.3 is 0 Å². The van der Waals surface area contributed by atoms with Crippen LogP contribution in [0.1, 0.15) is 40.0 Å². The summed E-state index contributed by atoms with van der Waals surface area (Å²) in [5, 5.41) is 0.750. The van der Waals surface area contributed by atoms with Gasteiger partial charge < -0.3 is 19.3 Å². The molecule has 2 heterocycles. The van der Waals surface area contributed by atoms with Crippen LogP contribution >= 0.6 is 11.8 Å². The Labute approximate surface area is 217 Å². The smallest absolute Gasteiger partial charge is 0.253 e. The van der Waals surface area contributed by atoms with Crippen LogP contribution in [0, 0.1) is 6.92 Å². The summed E-state index contributed by atoms with van der Waals surface area (Å²) in [6.07, 6.45) is 3.06. The molecule has 0 atom stereocenters. The fourth-order valence-electron chi connectivity index (χ4n) is 4.23. The lowest BCUT2D eigenvalue weighted by atomic mass is 10.1. The Hall–Kier alpha value is -3.26. The van der Waals surface area contributed by atoms with Crippen molar-refractivity contribution in [3.05, 3.63) is 70.9 Å². The highest BCUT2D eigenvalue weighted by Crippen LogP contribution is 2.28. The van der Waals surface area contributed by atoms with E-state index in [4.69, 9.17) is 14.5 Å². The van der Waals surface area contributed by atoms with Gasteiger partial charge in [-0.05, 0) is 61.6 Å². The summed E-state index contributed by atoms with van der Waals surface area (Å²) in [4.78, 5) is 26.1. The number of ether oxygens (including phenoxy) is 2. The second kappa shape index (κ2) is 12.1. The van der Waals surface area contributed by atoms with Crippen molar-refractivity contribution in [1.29, 1.82) is 0 Å². The van der Waals surface area contributed by atoms with Crippen molar-refractivity contribution in [2.75, 3.05) is 45.8 Å². The van der Waals surface area contributed by atoms with Crippen LogP contribution in [0.4, 0.5) is 5.82 Å². The second-order valence-electron chi connectivity index (χ2n) is 9.00. The molecule has 0 bridgehead atoms. The lowest BCUT2D eigenvalue weighted by Crippen LogP contribution is -2.27. The number of likely N-dealkylation sites (tertiary alicyclic amines) is 1. The molecule has 0 saturated carbocycles. The third-order valence-corrected chi connectivity index (χ3v) is 7.28. The van der Waals surface area contributed by atoms with Crippen LogP contribution in [-0.2, 0) is 12.2 Å². The minimum absolute atomic E-state index is 0.134. The van der Waals surface area contributed by atoms with Gasteiger partial charge in [-0.3, -0.25) is 4.79 Å². The molecule has 8 heteroatoms. The molecule has 0 unspecified atom stereocenters. The lowest BCUT2D eigenvalue weighted by Gasteiger charge is -2.19. The zero-order valence-electron chi connectivity index (χ0n) is 21.5. The van der Waals surface area contributed by atoms with Gasteiger partial charge in [0.15, 0.2) is 16.7 Å². The number of hydrogen-bond donors (Lipinski definition) is 0. The van der Waals surface area contributed by atoms with E-state index in [-0.39, 0.29) is 5.91 Å². The first-order valence-corrected chi connectivity index (χ1v) is 13.2. The number of carbonyl (C=O) groups is 1. The summed E-state index contributed by atoms with van der Waals surface area (Å²) >= 11 is 1.61. The van der Waals surface area contributed by atoms with Crippen LogP contribution in [0.15, 0.2) is 53.7 Å². The van der Waals surface area contributed by atoms with E-state index in [0.29, 0.717) is 0 Å². The Morgan fingerprint density at radius 1 is 0.972 bits per heavy atom. The van der Waals surface area contributed by atoms with Crippen LogP contribution < -0.4 is 14.4 Å². The Balaban J connectivity index is 1.35. The maximum absolute atomic E-state index is 12.6. The number of methoxy groups -OCH3 is 2. The molecular weight excluding hydrogens is 472 g/mol. The lowest BCUT2D eigenvalue weighted by molar-refractivity contribution is 0.0793. The van der Waals surface area contributed by atoms with Crippen LogP contribution in [-0.4, -0.2) is 61.7 Å². The van der Waals surface area contributed by atoms with Crippen LogP contribution in [0.25, 0.3) is 0 Å². The van der Waals surface area contributed by atoms with Gasteiger partial charge in [-0.15, -0.1) is 0 Å². The molecule has 1 amide bonds. The predicted molar refractivity (Wildman–Crippen MR) is 144 cm³/mol. The average Bonchev–Trinajstić information content (AvgIpc) is 3.45. The topological polar surface area (TPSA) is 67.8 Å². The SMILES string of the molecule is COc1ccc(CCN(C)c2cc(C)nc(SCc3ccc(C(=O)N4CCCC4)cc3)n2)cc1OC. The van der Waals surface area contributed by atoms with Crippen LogP contribution in [0.3, 0.4) is 0 Å². The van der Waals surface area contributed by atoms with Gasteiger partial charge in [0.25, 0.3) is 5.91 Å². The monoisotopic (exact) mass is 506 g/mol. The number of anilines is 1. The third-order valence-electron chi connectivity index (χ3n) is 6.36. The molecule has 1 fully saturated rings. The molecule has 1 aliphatic rings. The van der Waals surface area contributed by atoms with E-state index in [1.165, 1.54) is 5.56 Å². The Morgan fingerprint density at radius 3 is 2.36 bits per heavy atom. The molecule has 0 aliphatic carbocycles. The maximum atomic E-state index is 12.6. The van der Waals surface area contributed by atoms with Crippen molar-refractivity contribution >= 4 is 23.5 Å². The fourth-order valence-corrected chi connectivity index (χ4v) is 5.08. The normalized spacial score (nSPS) is 13.1. The highest BCUT2D eigenvalue weighted by atomic mass is 32.2. The predicted octanol–water partition coefficient (Wildman–Crippen LogP) is 5.01. The standard InChI is InChI=1S/C28H34N4O3S/c1-20-17-26(31(2)16-13-21-9-12-24(34-3)25(18-21)35-4)30-28(29-20)36-19-22-7-10-23(11-8-22)27(33)32-14-5-6-15-32/h7-12,17-18H,5-6,13-16,19H2,1-4H3. The van der Waals surface area contributed by atoms with E-state index in [9.17, 15) is 4.79 Å².